The summed E-state index contributed by atoms with van der Waals surface area (Å²) < 4.78 is 38.8. The SMILES string of the molecule is O=C(O)Cn1nnnc1C1CCC(C(F)(F)F)CC1. The lowest BCUT2D eigenvalue weighted by molar-refractivity contribution is -0.182. The highest BCUT2D eigenvalue weighted by atomic mass is 19.4. The van der Waals surface area contributed by atoms with Crippen LogP contribution in [0.4, 0.5) is 13.2 Å². The molecule has 106 valence electrons. The fraction of sp³-hybridized carbons (Fsp3) is 0.800. The zero-order chi connectivity index (χ0) is 14.0. The summed E-state index contributed by atoms with van der Waals surface area (Å²) in [5, 5.41) is 19.4. The number of hydrogen-bond donors (Lipinski definition) is 1. The summed E-state index contributed by atoms with van der Waals surface area (Å²) in [6.45, 7) is -0.373. The van der Waals surface area contributed by atoms with Crippen molar-refractivity contribution < 1.29 is 23.1 Å². The molecule has 9 heteroatoms. The first-order valence-corrected chi connectivity index (χ1v) is 5.92. The lowest BCUT2D eigenvalue weighted by atomic mass is 9.81. The van der Waals surface area contributed by atoms with Gasteiger partial charge in [0.2, 0.25) is 0 Å². The van der Waals surface area contributed by atoms with Crippen LogP contribution in [0.3, 0.4) is 0 Å². The number of rotatable bonds is 3. The van der Waals surface area contributed by atoms with Crippen LogP contribution in [0.15, 0.2) is 0 Å². The standard InChI is InChI=1S/C10H13F3N4O2/c11-10(12,13)7-3-1-6(2-4-7)9-14-15-16-17(9)5-8(18)19/h6-7H,1-5H2,(H,18,19). The van der Waals surface area contributed by atoms with Gasteiger partial charge >= 0.3 is 12.1 Å². The van der Waals surface area contributed by atoms with Crippen LogP contribution in [-0.4, -0.2) is 37.5 Å². The van der Waals surface area contributed by atoms with Gasteiger partial charge in [0.15, 0.2) is 5.82 Å². The Kier molecular flexibility index (Phi) is 3.72. The second-order valence-electron chi connectivity index (χ2n) is 4.68. The van der Waals surface area contributed by atoms with Gasteiger partial charge in [-0.3, -0.25) is 4.79 Å². The summed E-state index contributed by atoms with van der Waals surface area (Å²) >= 11 is 0. The van der Waals surface area contributed by atoms with E-state index in [-0.39, 0.29) is 25.3 Å². The summed E-state index contributed by atoms with van der Waals surface area (Å²) in [5.74, 6) is -2.19. The van der Waals surface area contributed by atoms with Crippen molar-refractivity contribution in [3.8, 4) is 0 Å². The Morgan fingerprint density at radius 2 is 1.95 bits per heavy atom. The molecule has 0 saturated heterocycles. The minimum absolute atomic E-state index is 0.0358. The van der Waals surface area contributed by atoms with Crippen molar-refractivity contribution in [1.29, 1.82) is 0 Å². The van der Waals surface area contributed by atoms with Gasteiger partial charge in [-0.15, -0.1) is 5.10 Å². The molecule has 1 heterocycles. The summed E-state index contributed by atoms with van der Waals surface area (Å²) in [6.07, 6.45) is -3.44. The van der Waals surface area contributed by atoms with Gasteiger partial charge in [-0.25, -0.2) is 4.68 Å². The van der Waals surface area contributed by atoms with Crippen LogP contribution in [-0.2, 0) is 11.3 Å². The van der Waals surface area contributed by atoms with Crippen LogP contribution in [0.5, 0.6) is 0 Å². The maximum absolute atomic E-state index is 12.5. The lowest BCUT2D eigenvalue weighted by Crippen LogP contribution is -2.28. The van der Waals surface area contributed by atoms with Crippen molar-refractivity contribution >= 4 is 5.97 Å². The van der Waals surface area contributed by atoms with Crippen LogP contribution >= 0.6 is 0 Å². The number of aliphatic carboxylic acids is 1. The molecule has 1 aromatic rings. The Morgan fingerprint density at radius 1 is 1.32 bits per heavy atom. The highest BCUT2D eigenvalue weighted by Crippen LogP contribution is 2.42. The number of nitrogens with zero attached hydrogens (tertiary/aromatic N) is 4. The fourth-order valence-corrected chi connectivity index (χ4v) is 2.42. The van der Waals surface area contributed by atoms with Crippen LogP contribution in [0, 0.1) is 5.92 Å². The topological polar surface area (TPSA) is 80.9 Å². The van der Waals surface area contributed by atoms with Gasteiger partial charge in [-0.2, -0.15) is 13.2 Å². The molecule has 1 aliphatic carbocycles. The molecule has 0 bridgehead atoms. The molecular weight excluding hydrogens is 265 g/mol. The van der Waals surface area contributed by atoms with Gasteiger partial charge in [0, 0.05) is 5.92 Å². The molecule has 2 rings (SSSR count). The van der Waals surface area contributed by atoms with E-state index in [2.05, 4.69) is 15.5 Å². The normalized spacial score (nSPS) is 24.4. The first-order chi connectivity index (χ1) is 8.88. The van der Waals surface area contributed by atoms with E-state index in [4.69, 9.17) is 5.11 Å². The van der Waals surface area contributed by atoms with Gasteiger partial charge < -0.3 is 5.11 Å². The molecule has 0 aromatic carbocycles. The smallest absolute Gasteiger partial charge is 0.391 e. The molecular formula is C10H13F3N4O2. The molecule has 1 fully saturated rings. The number of aromatic nitrogens is 4. The van der Waals surface area contributed by atoms with Crippen LogP contribution < -0.4 is 0 Å². The number of tetrazole rings is 1. The molecule has 0 unspecified atom stereocenters. The van der Waals surface area contributed by atoms with Gasteiger partial charge in [-0.05, 0) is 36.1 Å². The fourth-order valence-electron chi connectivity index (χ4n) is 2.42. The van der Waals surface area contributed by atoms with E-state index in [1.165, 1.54) is 0 Å². The van der Waals surface area contributed by atoms with Gasteiger partial charge in [-0.1, -0.05) is 0 Å². The van der Waals surface area contributed by atoms with Crippen molar-refractivity contribution in [2.75, 3.05) is 0 Å². The molecule has 6 nitrogen and oxygen atoms in total. The number of hydrogen-bond acceptors (Lipinski definition) is 4. The Hall–Kier alpha value is -1.67. The van der Waals surface area contributed by atoms with Crippen molar-refractivity contribution in [2.45, 2.75) is 44.3 Å². The van der Waals surface area contributed by atoms with E-state index in [0.29, 0.717) is 18.7 Å². The summed E-state index contributed by atoms with van der Waals surface area (Å²) in [7, 11) is 0. The molecule has 0 amide bonds. The monoisotopic (exact) mass is 278 g/mol. The minimum Gasteiger partial charge on any atom is -0.480 e. The Morgan fingerprint density at radius 3 is 2.47 bits per heavy atom. The molecule has 1 aliphatic rings. The van der Waals surface area contributed by atoms with Crippen molar-refractivity contribution in [3.63, 3.8) is 0 Å². The van der Waals surface area contributed by atoms with Crippen molar-refractivity contribution in [2.24, 2.45) is 5.92 Å². The van der Waals surface area contributed by atoms with Gasteiger partial charge in [0.05, 0.1) is 5.92 Å². The zero-order valence-corrected chi connectivity index (χ0v) is 9.97. The Bertz CT molecular complexity index is 452. The first kappa shape index (κ1) is 13.8. The number of halogens is 3. The summed E-state index contributed by atoms with van der Waals surface area (Å²) in [6, 6.07) is 0. The number of alkyl halides is 3. The van der Waals surface area contributed by atoms with E-state index in [0.717, 1.165) is 4.68 Å². The lowest BCUT2D eigenvalue weighted by Gasteiger charge is -2.28. The third kappa shape index (κ3) is 3.21. The predicted octanol–water partition coefficient (Wildman–Crippen LogP) is 1.59. The Labute approximate surface area is 106 Å². The van der Waals surface area contributed by atoms with E-state index in [1.807, 2.05) is 0 Å². The van der Waals surface area contributed by atoms with Crippen LogP contribution in [0.2, 0.25) is 0 Å². The molecule has 0 spiro atoms. The molecule has 0 atom stereocenters. The molecule has 1 saturated carbocycles. The van der Waals surface area contributed by atoms with Crippen molar-refractivity contribution in [3.05, 3.63) is 5.82 Å². The minimum atomic E-state index is -4.15. The number of carbonyl (C=O) groups is 1. The quantitative estimate of drug-likeness (QED) is 0.908. The second kappa shape index (κ2) is 5.14. The van der Waals surface area contributed by atoms with E-state index in [1.54, 1.807) is 0 Å². The Balaban J connectivity index is 2.02. The molecule has 0 aliphatic heterocycles. The third-order valence-corrected chi connectivity index (χ3v) is 3.40. The predicted molar refractivity (Wildman–Crippen MR) is 56.2 cm³/mol. The number of carboxylic acids is 1. The molecule has 19 heavy (non-hydrogen) atoms. The highest BCUT2D eigenvalue weighted by molar-refractivity contribution is 5.66. The van der Waals surface area contributed by atoms with Gasteiger partial charge in [0.25, 0.3) is 0 Å². The maximum Gasteiger partial charge on any atom is 0.391 e. The second-order valence-corrected chi connectivity index (χ2v) is 4.68. The van der Waals surface area contributed by atoms with Crippen molar-refractivity contribution in [1.82, 2.24) is 20.2 Å². The first-order valence-electron chi connectivity index (χ1n) is 5.92. The van der Waals surface area contributed by atoms with E-state index in [9.17, 15) is 18.0 Å². The summed E-state index contributed by atoms with van der Waals surface area (Å²) in [5.41, 5.74) is 0. The maximum atomic E-state index is 12.5. The summed E-state index contributed by atoms with van der Waals surface area (Å²) in [4.78, 5) is 10.6. The largest absolute Gasteiger partial charge is 0.480 e. The van der Waals surface area contributed by atoms with Crippen LogP contribution in [0.1, 0.15) is 37.4 Å². The molecule has 1 aromatic heterocycles. The van der Waals surface area contributed by atoms with E-state index < -0.39 is 18.1 Å². The third-order valence-electron chi connectivity index (χ3n) is 3.40. The van der Waals surface area contributed by atoms with Crippen LogP contribution in [0.25, 0.3) is 0 Å². The average molecular weight is 278 g/mol. The highest BCUT2D eigenvalue weighted by Gasteiger charge is 2.42. The molecule has 0 radical (unpaired) electrons. The van der Waals surface area contributed by atoms with E-state index >= 15 is 0 Å². The average Bonchev–Trinajstić information content (AvgIpc) is 2.75. The number of carboxylic acid groups (broad SMARTS) is 1. The zero-order valence-electron chi connectivity index (χ0n) is 9.97. The molecule has 1 N–H and O–H groups in total. The van der Waals surface area contributed by atoms with Gasteiger partial charge in [0.1, 0.15) is 6.54 Å².